The standard InChI is InChI=1S/C13H23BrN4O/c1-13(5-4-8-19-13)12(15)11-10(14)9-16-18(11)7-6-17(2)3/h9,12H,4-8,15H2,1-3H3. The maximum atomic E-state index is 6.46. The lowest BCUT2D eigenvalue weighted by Gasteiger charge is -2.31. The Labute approximate surface area is 123 Å². The van der Waals surface area contributed by atoms with E-state index in [9.17, 15) is 0 Å². The zero-order valence-electron chi connectivity index (χ0n) is 11.9. The summed E-state index contributed by atoms with van der Waals surface area (Å²) in [7, 11) is 4.11. The highest BCUT2D eigenvalue weighted by molar-refractivity contribution is 9.10. The van der Waals surface area contributed by atoms with Gasteiger partial charge >= 0.3 is 0 Å². The third kappa shape index (κ3) is 3.18. The van der Waals surface area contributed by atoms with Crippen LogP contribution in [-0.2, 0) is 11.3 Å². The molecule has 0 bridgehead atoms. The van der Waals surface area contributed by atoms with Crippen molar-refractivity contribution in [3.8, 4) is 0 Å². The molecule has 1 aromatic rings. The second-order valence-electron chi connectivity index (χ2n) is 5.65. The first kappa shape index (κ1) is 15.0. The summed E-state index contributed by atoms with van der Waals surface area (Å²) in [5.74, 6) is 0. The Bertz CT molecular complexity index is 426. The first-order valence-corrected chi connectivity index (χ1v) is 7.49. The lowest BCUT2D eigenvalue weighted by Crippen LogP contribution is -2.39. The largest absolute Gasteiger partial charge is 0.373 e. The second-order valence-corrected chi connectivity index (χ2v) is 6.50. The molecule has 0 radical (unpaired) electrons. The highest BCUT2D eigenvalue weighted by Gasteiger charge is 2.39. The van der Waals surface area contributed by atoms with Crippen molar-refractivity contribution < 1.29 is 4.74 Å². The van der Waals surface area contributed by atoms with Crippen LogP contribution in [0, 0.1) is 0 Å². The number of hydrogen-bond donors (Lipinski definition) is 1. The molecule has 2 heterocycles. The molecule has 19 heavy (non-hydrogen) atoms. The number of nitrogens with zero attached hydrogens (tertiary/aromatic N) is 3. The molecule has 0 spiro atoms. The van der Waals surface area contributed by atoms with Crippen molar-refractivity contribution in [1.29, 1.82) is 0 Å². The number of rotatable bonds is 5. The van der Waals surface area contributed by atoms with Gasteiger partial charge in [-0.15, -0.1) is 0 Å². The van der Waals surface area contributed by atoms with Gasteiger partial charge in [-0.05, 0) is 49.8 Å². The fourth-order valence-electron chi connectivity index (χ4n) is 2.49. The molecule has 0 aliphatic carbocycles. The molecule has 2 N–H and O–H groups in total. The van der Waals surface area contributed by atoms with E-state index in [-0.39, 0.29) is 11.6 Å². The van der Waals surface area contributed by atoms with Gasteiger partial charge in [0.1, 0.15) is 0 Å². The number of nitrogens with two attached hydrogens (primary N) is 1. The van der Waals surface area contributed by atoms with E-state index in [0.717, 1.165) is 42.7 Å². The maximum absolute atomic E-state index is 6.46. The predicted molar refractivity (Wildman–Crippen MR) is 79.0 cm³/mol. The van der Waals surface area contributed by atoms with Crippen LogP contribution < -0.4 is 5.73 Å². The zero-order chi connectivity index (χ0) is 14.0. The molecule has 2 rings (SSSR count). The molecule has 1 aliphatic heterocycles. The number of halogens is 1. The lowest BCUT2D eigenvalue weighted by atomic mass is 9.91. The summed E-state index contributed by atoms with van der Waals surface area (Å²) in [5.41, 5.74) is 7.21. The van der Waals surface area contributed by atoms with Crippen LogP contribution in [0.5, 0.6) is 0 Å². The van der Waals surface area contributed by atoms with Gasteiger partial charge in [0.25, 0.3) is 0 Å². The van der Waals surface area contributed by atoms with E-state index in [4.69, 9.17) is 10.5 Å². The summed E-state index contributed by atoms with van der Waals surface area (Å²) in [4.78, 5) is 2.14. The monoisotopic (exact) mass is 330 g/mol. The first-order chi connectivity index (χ1) is 8.94. The molecule has 0 aromatic carbocycles. The van der Waals surface area contributed by atoms with Crippen molar-refractivity contribution in [3.63, 3.8) is 0 Å². The molecule has 0 amide bonds. The van der Waals surface area contributed by atoms with Crippen molar-refractivity contribution in [3.05, 3.63) is 16.4 Å². The molecule has 0 saturated carbocycles. The van der Waals surface area contributed by atoms with Crippen molar-refractivity contribution >= 4 is 15.9 Å². The third-order valence-electron chi connectivity index (χ3n) is 3.79. The molecule has 1 fully saturated rings. The van der Waals surface area contributed by atoms with Crippen LogP contribution in [0.15, 0.2) is 10.7 Å². The van der Waals surface area contributed by atoms with Crippen molar-refractivity contribution in [2.24, 2.45) is 5.73 Å². The van der Waals surface area contributed by atoms with Gasteiger partial charge in [0.15, 0.2) is 0 Å². The fraction of sp³-hybridized carbons (Fsp3) is 0.769. The Kier molecular flexibility index (Phi) is 4.66. The molecular weight excluding hydrogens is 308 g/mol. The maximum Gasteiger partial charge on any atom is 0.0862 e. The van der Waals surface area contributed by atoms with E-state index in [0.29, 0.717) is 0 Å². The van der Waals surface area contributed by atoms with Gasteiger partial charge < -0.3 is 15.4 Å². The SMILES string of the molecule is CN(C)CCn1ncc(Br)c1C(N)C1(C)CCCO1. The molecular formula is C13H23BrN4O. The second kappa shape index (κ2) is 5.91. The van der Waals surface area contributed by atoms with E-state index in [2.05, 4.69) is 46.9 Å². The highest BCUT2D eigenvalue weighted by Crippen LogP contribution is 2.38. The van der Waals surface area contributed by atoms with E-state index in [1.54, 1.807) is 0 Å². The van der Waals surface area contributed by atoms with Crippen LogP contribution in [0.2, 0.25) is 0 Å². The van der Waals surface area contributed by atoms with Crippen molar-refractivity contribution in [2.45, 2.75) is 38.0 Å². The van der Waals surface area contributed by atoms with Crippen LogP contribution in [0.4, 0.5) is 0 Å². The summed E-state index contributed by atoms with van der Waals surface area (Å²) >= 11 is 3.56. The van der Waals surface area contributed by atoms with Crippen LogP contribution in [0.1, 0.15) is 31.5 Å². The Balaban J connectivity index is 2.20. The minimum atomic E-state index is -0.279. The number of ether oxygens (including phenoxy) is 1. The average molecular weight is 331 g/mol. The van der Waals surface area contributed by atoms with Crippen LogP contribution in [-0.4, -0.2) is 47.5 Å². The summed E-state index contributed by atoms with van der Waals surface area (Å²) in [5, 5.41) is 4.42. The van der Waals surface area contributed by atoms with Crippen molar-refractivity contribution in [2.75, 3.05) is 27.2 Å². The molecule has 1 aromatic heterocycles. The Morgan fingerprint density at radius 2 is 2.37 bits per heavy atom. The number of likely N-dealkylation sites (N-methyl/N-ethyl adjacent to an activating group) is 1. The quantitative estimate of drug-likeness (QED) is 0.894. The molecule has 108 valence electrons. The van der Waals surface area contributed by atoms with Gasteiger partial charge in [-0.3, -0.25) is 4.68 Å². The molecule has 2 unspecified atom stereocenters. The normalized spacial score (nSPS) is 25.2. The van der Waals surface area contributed by atoms with Crippen LogP contribution >= 0.6 is 15.9 Å². The lowest BCUT2D eigenvalue weighted by molar-refractivity contribution is -0.00411. The summed E-state index contributed by atoms with van der Waals surface area (Å²) in [6, 6.07) is -0.158. The Hall–Kier alpha value is -0.430. The number of aromatic nitrogens is 2. The van der Waals surface area contributed by atoms with Gasteiger partial charge in [-0.25, -0.2) is 0 Å². The zero-order valence-corrected chi connectivity index (χ0v) is 13.5. The van der Waals surface area contributed by atoms with Gasteiger partial charge in [0.05, 0.1) is 34.6 Å². The summed E-state index contributed by atoms with van der Waals surface area (Å²) in [6.07, 6.45) is 3.90. The molecule has 1 aliphatic rings. The summed E-state index contributed by atoms with van der Waals surface area (Å²) < 4.78 is 8.82. The van der Waals surface area contributed by atoms with Gasteiger partial charge in [-0.2, -0.15) is 5.10 Å². The summed E-state index contributed by atoms with van der Waals surface area (Å²) in [6.45, 7) is 4.66. The van der Waals surface area contributed by atoms with E-state index in [1.165, 1.54) is 0 Å². The van der Waals surface area contributed by atoms with E-state index < -0.39 is 0 Å². The third-order valence-corrected chi connectivity index (χ3v) is 4.41. The average Bonchev–Trinajstić information content (AvgIpc) is 2.93. The molecule has 1 saturated heterocycles. The van der Waals surface area contributed by atoms with Crippen LogP contribution in [0.25, 0.3) is 0 Å². The topological polar surface area (TPSA) is 56.3 Å². The predicted octanol–water partition coefficient (Wildman–Crippen LogP) is 1.78. The molecule has 2 atom stereocenters. The van der Waals surface area contributed by atoms with Gasteiger partial charge in [-0.1, -0.05) is 0 Å². The number of hydrogen-bond acceptors (Lipinski definition) is 4. The Morgan fingerprint density at radius 3 is 2.95 bits per heavy atom. The van der Waals surface area contributed by atoms with Crippen molar-refractivity contribution in [1.82, 2.24) is 14.7 Å². The minimum absolute atomic E-state index is 0.158. The minimum Gasteiger partial charge on any atom is -0.373 e. The Morgan fingerprint density at radius 1 is 1.63 bits per heavy atom. The van der Waals surface area contributed by atoms with E-state index >= 15 is 0 Å². The van der Waals surface area contributed by atoms with Gasteiger partial charge in [0, 0.05) is 13.2 Å². The first-order valence-electron chi connectivity index (χ1n) is 6.69. The fourth-order valence-corrected chi connectivity index (χ4v) is 3.03. The van der Waals surface area contributed by atoms with Crippen LogP contribution in [0.3, 0.4) is 0 Å². The molecule has 5 nitrogen and oxygen atoms in total. The van der Waals surface area contributed by atoms with E-state index in [1.807, 2.05) is 10.9 Å². The van der Waals surface area contributed by atoms with Gasteiger partial charge in [0.2, 0.25) is 0 Å². The smallest absolute Gasteiger partial charge is 0.0862 e. The highest BCUT2D eigenvalue weighted by atomic mass is 79.9. The molecule has 6 heteroatoms.